The van der Waals surface area contributed by atoms with Gasteiger partial charge in [0.15, 0.2) is 0 Å². The van der Waals surface area contributed by atoms with Crippen molar-refractivity contribution in [3.63, 3.8) is 0 Å². The number of nitrogens with one attached hydrogen (secondary N) is 1. The number of aryl methyl sites for hydroxylation is 1. The van der Waals surface area contributed by atoms with Gasteiger partial charge in [-0.15, -0.1) is 0 Å². The number of hydrogen-bond donors (Lipinski definition) is 2. The number of carboxylic acid groups (broad SMARTS) is 1. The lowest BCUT2D eigenvalue weighted by atomic mass is 9.85. The molecule has 1 aromatic heterocycles. The van der Waals surface area contributed by atoms with Crippen LogP contribution in [0, 0.1) is 6.92 Å². The molecule has 1 fully saturated rings. The van der Waals surface area contributed by atoms with Gasteiger partial charge in [0.25, 0.3) is 0 Å². The van der Waals surface area contributed by atoms with E-state index in [1.165, 1.54) is 11.5 Å². The third-order valence-corrected chi connectivity index (χ3v) is 3.97. The van der Waals surface area contributed by atoms with Crippen molar-refractivity contribution >= 4 is 22.6 Å². The molecular formula is C11H18N4O2S. The lowest BCUT2D eigenvalue weighted by molar-refractivity contribution is -0.139. The van der Waals surface area contributed by atoms with E-state index < -0.39 is 5.97 Å². The van der Waals surface area contributed by atoms with Crippen LogP contribution < -0.4 is 5.32 Å². The minimum Gasteiger partial charge on any atom is -0.480 e. The van der Waals surface area contributed by atoms with Gasteiger partial charge in [0.2, 0.25) is 5.13 Å². The van der Waals surface area contributed by atoms with Crippen molar-refractivity contribution in [2.75, 3.05) is 18.4 Å². The van der Waals surface area contributed by atoms with Crippen molar-refractivity contribution in [2.24, 2.45) is 0 Å². The number of aliphatic carboxylic acids is 1. The van der Waals surface area contributed by atoms with E-state index >= 15 is 0 Å². The highest BCUT2D eigenvalue weighted by atomic mass is 32.1. The largest absolute Gasteiger partial charge is 0.480 e. The molecule has 7 heteroatoms. The molecule has 100 valence electrons. The molecule has 0 aromatic carbocycles. The summed E-state index contributed by atoms with van der Waals surface area (Å²) in [6.07, 6.45) is 1.94. The number of hydrogen-bond acceptors (Lipinski definition) is 6. The molecule has 0 radical (unpaired) electrons. The van der Waals surface area contributed by atoms with Gasteiger partial charge in [0.05, 0.1) is 6.54 Å². The third kappa shape index (κ3) is 3.17. The minimum absolute atomic E-state index is 0.131. The van der Waals surface area contributed by atoms with Crippen molar-refractivity contribution < 1.29 is 9.90 Å². The third-order valence-electron chi connectivity index (χ3n) is 3.23. The maximum absolute atomic E-state index is 10.7. The predicted molar refractivity (Wildman–Crippen MR) is 70.0 cm³/mol. The smallest absolute Gasteiger partial charge is 0.317 e. The second-order valence-corrected chi connectivity index (χ2v) is 5.32. The van der Waals surface area contributed by atoms with Crippen LogP contribution in [-0.4, -0.2) is 50.5 Å². The molecule has 0 unspecified atom stereocenters. The molecule has 0 saturated heterocycles. The Morgan fingerprint density at radius 1 is 1.61 bits per heavy atom. The molecular weight excluding hydrogens is 252 g/mol. The quantitative estimate of drug-likeness (QED) is 0.808. The van der Waals surface area contributed by atoms with E-state index in [2.05, 4.69) is 14.7 Å². The highest BCUT2D eigenvalue weighted by Crippen LogP contribution is 2.28. The van der Waals surface area contributed by atoms with E-state index in [0.29, 0.717) is 12.1 Å². The number of nitrogens with zero attached hydrogens (tertiary/aromatic N) is 3. The summed E-state index contributed by atoms with van der Waals surface area (Å²) in [7, 11) is 0. The second kappa shape index (κ2) is 5.62. The molecule has 6 nitrogen and oxygen atoms in total. The average molecular weight is 270 g/mol. The van der Waals surface area contributed by atoms with Crippen molar-refractivity contribution in [1.82, 2.24) is 14.3 Å². The van der Waals surface area contributed by atoms with Gasteiger partial charge in [-0.3, -0.25) is 9.69 Å². The summed E-state index contributed by atoms with van der Waals surface area (Å²) in [6.45, 7) is 4.78. The Labute approximate surface area is 110 Å². The standard InChI is InChI=1S/C11H18N4O2S/c1-3-15(6-10(16)17)9-4-8(5-9)13-11-12-7(2)14-18-11/h8-9H,3-6H2,1-2H3,(H,16,17)(H,12,13,14). The van der Waals surface area contributed by atoms with Crippen molar-refractivity contribution in [3.05, 3.63) is 5.82 Å². The summed E-state index contributed by atoms with van der Waals surface area (Å²) in [5.74, 6) is 0.0347. The maximum Gasteiger partial charge on any atom is 0.317 e. The molecule has 2 N–H and O–H groups in total. The molecule has 1 saturated carbocycles. The molecule has 1 heterocycles. The average Bonchev–Trinajstić information content (AvgIpc) is 2.66. The first-order chi connectivity index (χ1) is 8.58. The first-order valence-electron chi connectivity index (χ1n) is 6.11. The van der Waals surface area contributed by atoms with Gasteiger partial charge in [-0.25, -0.2) is 4.98 Å². The zero-order valence-corrected chi connectivity index (χ0v) is 11.4. The van der Waals surface area contributed by atoms with Crippen LogP contribution in [0.4, 0.5) is 5.13 Å². The van der Waals surface area contributed by atoms with E-state index in [1.54, 1.807) is 0 Å². The van der Waals surface area contributed by atoms with Crippen molar-refractivity contribution in [2.45, 2.75) is 38.8 Å². The van der Waals surface area contributed by atoms with Gasteiger partial charge >= 0.3 is 5.97 Å². The summed E-state index contributed by atoms with van der Waals surface area (Å²) in [5.41, 5.74) is 0. The fraction of sp³-hybridized carbons (Fsp3) is 0.727. The maximum atomic E-state index is 10.7. The topological polar surface area (TPSA) is 78.4 Å². The van der Waals surface area contributed by atoms with E-state index in [4.69, 9.17) is 5.11 Å². The molecule has 0 spiro atoms. The van der Waals surface area contributed by atoms with Crippen LogP contribution >= 0.6 is 11.5 Å². The van der Waals surface area contributed by atoms with Crippen LogP contribution in [0.3, 0.4) is 0 Å². The first-order valence-corrected chi connectivity index (χ1v) is 6.88. The Morgan fingerprint density at radius 2 is 2.33 bits per heavy atom. The number of likely N-dealkylation sites (N-methyl/N-ethyl adjacent to an activating group) is 1. The van der Waals surface area contributed by atoms with Gasteiger partial charge < -0.3 is 10.4 Å². The minimum atomic E-state index is -0.756. The zero-order valence-electron chi connectivity index (χ0n) is 10.6. The van der Waals surface area contributed by atoms with Crippen LogP contribution in [-0.2, 0) is 4.79 Å². The normalized spacial score (nSPS) is 22.8. The van der Waals surface area contributed by atoms with Crippen LogP contribution in [0.1, 0.15) is 25.6 Å². The SMILES string of the molecule is CCN(CC(=O)O)C1CC(Nc2nc(C)ns2)C1. The molecule has 18 heavy (non-hydrogen) atoms. The Bertz CT molecular complexity index is 417. The van der Waals surface area contributed by atoms with E-state index in [9.17, 15) is 4.79 Å². The van der Waals surface area contributed by atoms with Crippen molar-refractivity contribution in [3.8, 4) is 0 Å². The van der Waals surface area contributed by atoms with Crippen LogP contribution in [0.15, 0.2) is 0 Å². The highest BCUT2D eigenvalue weighted by Gasteiger charge is 2.34. The Hall–Kier alpha value is -1.21. The Kier molecular flexibility index (Phi) is 4.13. The lowest BCUT2D eigenvalue weighted by Crippen LogP contribution is -2.51. The number of rotatable bonds is 6. The van der Waals surface area contributed by atoms with Crippen LogP contribution in [0.25, 0.3) is 0 Å². The van der Waals surface area contributed by atoms with Crippen LogP contribution in [0.2, 0.25) is 0 Å². The zero-order chi connectivity index (χ0) is 13.1. The number of aromatic nitrogens is 2. The first kappa shape index (κ1) is 13.2. The van der Waals surface area contributed by atoms with Gasteiger partial charge in [0.1, 0.15) is 5.82 Å². The molecule has 1 aliphatic rings. The van der Waals surface area contributed by atoms with Gasteiger partial charge in [-0.05, 0) is 26.3 Å². The molecule has 2 rings (SSSR count). The van der Waals surface area contributed by atoms with E-state index in [-0.39, 0.29) is 6.54 Å². The molecule has 1 aromatic rings. The number of carboxylic acids is 1. The Morgan fingerprint density at radius 3 is 2.83 bits per heavy atom. The lowest BCUT2D eigenvalue weighted by Gasteiger charge is -2.42. The van der Waals surface area contributed by atoms with Gasteiger partial charge in [-0.2, -0.15) is 4.37 Å². The number of carbonyl (C=O) groups is 1. The molecule has 0 aliphatic heterocycles. The fourth-order valence-electron chi connectivity index (χ4n) is 2.21. The van der Waals surface area contributed by atoms with Crippen molar-refractivity contribution in [1.29, 1.82) is 0 Å². The van der Waals surface area contributed by atoms with Crippen LogP contribution in [0.5, 0.6) is 0 Å². The summed E-state index contributed by atoms with van der Waals surface area (Å²) in [5, 5.41) is 13.0. The van der Waals surface area contributed by atoms with Gasteiger partial charge in [0, 0.05) is 23.6 Å². The summed E-state index contributed by atoms with van der Waals surface area (Å²) >= 11 is 1.37. The molecule has 0 bridgehead atoms. The molecule has 1 aliphatic carbocycles. The van der Waals surface area contributed by atoms with E-state index in [1.807, 2.05) is 18.7 Å². The monoisotopic (exact) mass is 270 g/mol. The van der Waals surface area contributed by atoms with Gasteiger partial charge in [-0.1, -0.05) is 6.92 Å². The molecule has 0 amide bonds. The van der Waals surface area contributed by atoms with E-state index in [0.717, 1.165) is 30.3 Å². The summed E-state index contributed by atoms with van der Waals surface area (Å²) in [4.78, 5) is 17.0. The Balaban J connectivity index is 1.77. The predicted octanol–water partition coefficient (Wildman–Crippen LogP) is 1.20. The second-order valence-electron chi connectivity index (χ2n) is 4.57. The molecule has 0 atom stereocenters. The summed E-state index contributed by atoms with van der Waals surface area (Å²) in [6, 6.07) is 0.766. The fourth-order valence-corrected chi connectivity index (χ4v) is 2.86. The number of anilines is 1. The summed E-state index contributed by atoms with van der Waals surface area (Å²) < 4.78 is 4.12. The highest BCUT2D eigenvalue weighted by molar-refractivity contribution is 7.09.